The van der Waals surface area contributed by atoms with Crippen LogP contribution >= 0.6 is 11.3 Å². The van der Waals surface area contributed by atoms with E-state index in [1.54, 1.807) is 0 Å². The standard InChI is InChI=1S/C18H25N3O2S/c1-12-10-15(19-17(22)13-4-5-13)24-16(12)18(23)21-9-6-14(11-21)20-7-2-3-8-20/h10,13-14H,2-9,11H2,1H3,(H,19,22). The molecule has 3 fully saturated rings. The van der Waals surface area contributed by atoms with Crippen molar-refractivity contribution < 1.29 is 9.59 Å². The summed E-state index contributed by atoms with van der Waals surface area (Å²) in [6, 6.07) is 2.47. The minimum absolute atomic E-state index is 0.102. The number of hydrogen-bond acceptors (Lipinski definition) is 4. The number of thiophene rings is 1. The smallest absolute Gasteiger partial charge is 0.264 e. The summed E-state index contributed by atoms with van der Waals surface area (Å²) in [5, 5.41) is 3.77. The van der Waals surface area contributed by atoms with Crippen molar-refractivity contribution >= 4 is 28.2 Å². The second-order valence-corrected chi connectivity index (χ2v) is 8.38. The van der Waals surface area contributed by atoms with E-state index in [2.05, 4.69) is 10.2 Å². The van der Waals surface area contributed by atoms with Crippen molar-refractivity contribution in [2.75, 3.05) is 31.5 Å². The lowest BCUT2D eigenvalue weighted by Crippen LogP contribution is -2.37. The second kappa shape index (κ2) is 6.48. The maximum atomic E-state index is 12.9. The lowest BCUT2D eigenvalue weighted by molar-refractivity contribution is -0.117. The Morgan fingerprint density at radius 1 is 1.17 bits per heavy atom. The zero-order valence-corrected chi connectivity index (χ0v) is 15.0. The van der Waals surface area contributed by atoms with E-state index in [0.717, 1.165) is 47.8 Å². The van der Waals surface area contributed by atoms with Gasteiger partial charge in [-0.2, -0.15) is 0 Å². The maximum absolute atomic E-state index is 12.9. The van der Waals surface area contributed by atoms with E-state index in [4.69, 9.17) is 0 Å². The molecule has 1 aromatic heterocycles. The third-order valence-corrected chi connectivity index (χ3v) is 6.55. The maximum Gasteiger partial charge on any atom is 0.264 e. The minimum atomic E-state index is 0.102. The number of rotatable bonds is 4. The highest BCUT2D eigenvalue weighted by Gasteiger charge is 2.33. The third kappa shape index (κ3) is 3.22. The predicted molar refractivity (Wildman–Crippen MR) is 95.5 cm³/mol. The van der Waals surface area contributed by atoms with Crippen LogP contribution < -0.4 is 5.32 Å². The zero-order chi connectivity index (χ0) is 16.7. The summed E-state index contributed by atoms with van der Waals surface area (Å²) in [6.45, 7) is 6.02. The van der Waals surface area contributed by atoms with Crippen molar-refractivity contribution in [3.8, 4) is 0 Å². The molecule has 1 aromatic rings. The summed E-state index contributed by atoms with van der Waals surface area (Å²) in [5.74, 6) is 0.419. The van der Waals surface area contributed by atoms with Gasteiger partial charge in [0.15, 0.2) is 0 Å². The lowest BCUT2D eigenvalue weighted by atomic mass is 10.2. The molecule has 130 valence electrons. The molecule has 1 atom stereocenters. The van der Waals surface area contributed by atoms with Crippen LogP contribution in [0.1, 0.15) is 47.3 Å². The molecule has 0 spiro atoms. The Labute approximate surface area is 147 Å². The number of likely N-dealkylation sites (tertiary alicyclic amines) is 2. The average molecular weight is 347 g/mol. The molecule has 3 heterocycles. The lowest BCUT2D eigenvalue weighted by Gasteiger charge is -2.23. The van der Waals surface area contributed by atoms with E-state index in [1.165, 1.54) is 37.3 Å². The summed E-state index contributed by atoms with van der Waals surface area (Å²) in [7, 11) is 0. The van der Waals surface area contributed by atoms with Crippen LogP contribution in [0, 0.1) is 12.8 Å². The number of carbonyl (C=O) groups is 2. The van der Waals surface area contributed by atoms with Crippen molar-refractivity contribution in [3.63, 3.8) is 0 Å². The third-order valence-electron chi connectivity index (χ3n) is 5.41. The molecule has 5 nitrogen and oxygen atoms in total. The number of nitrogens with zero attached hydrogens (tertiary/aromatic N) is 2. The van der Waals surface area contributed by atoms with Crippen molar-refractivity contribution in [3.05, 3.63) is 16.5 Å². The summed E-state index contributed by atoms with van der Waals surface area (Å²) in [5.41, 5.74) is 0.973. The molecule has 3 aliphatic rings. The Balaban J connectivity index is 1.40. The number of nitrogens with one attached hydrogen (secondary N) is 1. The molecule has 6 heteroatoms. The van der Waals surface area contributed by atoms with E-state index in [-0.39, 0.29) is 17.7 Å². The molecule has 1 unspecified atom stereocenters. The molecule has 0 aromatic carbocycles. The summed E-state index contributed by atoms with van der Waals surface area (Å²) in [4.78, 5) is 30.1. The second-order valence-electron chi connectivity index (χ2n) is 7.32. The Bertz CT molecular complexity index is 647. The van der Waals surface area contributed by atoms with Gasteiger partial charge in [-0.1, -0.05) is 0 Å². The molecule has 1 N–H and O–H groups in total. The van der Waals surface area contributed by atoms with Gasteiger partial charge in [-0.05, 0) is 63.7 Å². The number of carbonyl (C=O) groups excluding carboxylic acids is 2. The molecule has 0 bridgehead atoms. The highest BCUT2D eigenvalue weighted by atomic mass is 32.1. The van der Waals surface area contributed by atoms with E-state index < -0.39 is 0 Å². The minimum Gasteiger partial charge on any atom is -0.336 e. The number of anilines is 1. The van der Waals surface area contributed by atoms with Crippen molar-refractivity contribution in [2.24, 2.45) is 5.92 Å². The SMILES string of the molecule is Cc1cc(NC(=O)C2CC2)sc1C(=O)N1CCC(N2CCCC2)C1. The van der Waals surface area contributed by atoms with Gasteiger partial charge in [-0.25, -0.2) is 0 Å². The van der Waals surface area contributed by atoms with Crippen molar-refractivity contribution in [1.29, 1.82) is 0 Å². The molecule has 2 aliphatic heterocycles. The van der Waals surface area contributed by atoms with Crippen LogP contribution in [-0.4, -0.2) is 53.8 Å². The van der Waals surface area contributed by atoms with Crippen molar-refractivity contribution in [2.45, 2.75) is 45.1 Å². The van der Waals surface area contributed by atoms with E-state index in [0.29, 0.717) is 6.04 Å². The Morgan fingerprint density at radius 3 is 2.62 bits per heavy atom. The fraction of sp³-hybridized carbons (Fsp3) is 0.667. The van der Waals surface area contributed by atoms with Gasteiger partial charge < -0.3 is 10.2 Å². The van der Waals surface area contributed by atoms with Crippen LogP contribution in [0.2, 0.25) is 0 Å². The fourth-order valence-electron chi connectivity index (χ4n) is 3.80. The first-order valence-corrected chi connectivity index (χ1v) is 9.88. The summed E-state index contributed by atoms with van der Waals surface area (Å²) >= 11 is 1.42. The Morgan fingerprint density at radius 2 is 1.92 bits per heavy atom. The first-order chi connectivity index (χ1) is 11.6. The first kappa shape index (κ1) is 16.1. The van der Waals surface area contributed by atoms with Crippen LogP contribution in [-0.2, 0) is 4.79 Å². The summed E-state index contributed by atoms with van der Waals surface area (Å²) < 4.78 is 0. The molecular formula is C18H25N3O2S. The molecule has 2 saturated heterocycles. The normalized spacial score (nSPS) is 24.5. The predicted octanol–water partition coefficient (Wildman–Crippen LogP) is 2.72. The Hall–Kier alpha value is -1.40. The van der Waals surface area contributed by atoms with Gasteiger partial charge in [0.2, 0.25) is 5.91 Å². The molecule has 1 saturated carbocycles. The molecule has 2 amide bonds. The van der Waals surface area contributed by atoms with Gasteiger partial charge in [0.05, 0.1) is 9.88 Å². The highest BCUT2D eigenvalue weighted by Crippen LogP contribution is 2.33. The summed E-state index contributed by atoms with van der Waals surface area (Å²) in [6.07, 6.45) is 5.65. The van der Waals surface area contributed by atoms with E-state index >= 15 is 0 Å². The van der Waals surface area contributed by atoms with Gasteiger partial charge in [0, 0.05) is 25.0 Å². The fourth-order valence-corrected chi connectivity index (χ4v) is 4.84. The number of aryl methyl sites for hydroxylation is 1. The molecule has 0 radical (unpaired) electrons. The topological polar surface area (TPSA) is 52.7 Å². The van der Waals surface area contributed by atoms with E-state index in [9.17, 15) is 9.59 Å². The first-order valence-electron chi connectivity index (χ1n) is 9.06. The van der Waals surface area contributed by atoms with Gasteiger partial charge in [0.1, 0.15) is 0 Å². The average Bonchev–Trinajstić information content (AvgIpc) is 2.98. The molecule has 4 rings (SSSR count). The van der Waals surface area contributed by atoms with Crippen LogP contribution in [0.25, 0.3) is 0 Å². The monoisotopic (exact) mass is 347 g/mol. The Kier molecular flexibility index (Phi) is 4.35. The molecule has 1 aliphatic carbocycles. The molecular weight excluding hydrogens is 322 g/mol. The largest absolute Gasteiger partial charge is 0.336 e. The van der Waals surface area contributed by atoms with Gasteiger partial charge >= 0.3 is 0 Å². The van der Waals surface area contributed by atoms with Crippen LogP contribution in [0.3, 0.4) is 0 Å². The number of amides is 2. The quantitative estimate of drug-likeness (QED) is 0.911. The zero-order valence-electron chi connectivity index (χ0n) is 14.2. The van der Waals surface area contributed by atoms with E-state index in [1.807, 2.05) is 17.9 Å². The van der Waals surface area contributed by atoms with Crippen LogP contribution in [0.5, 0.6) is 0 Å². The van der Waals surface area contributed by atoms with Gasteiger partial charge in [-0.3, -0.25) is 14.5 Å². The molecule has 24 heavy (non-hydrogen) atoms. The van der Waals surface area contributed by atoms with Gasteiger partial charge in [-0.15, -0.1) is 11.3 Å². The van der Waals surface area contributed by atoms with Crippen LogP contribution in [0.15, 0.2) is 6.07 Å². The highest BCUT2D eigenvalue weighted by molar-refractivity contribution is 7.18. The van der Waals surface area contributed by atoms with Crippen LogP contribution in [0.4, 0.5) is 5.00 Å². The van der Waals surface area contributed by atoms with Gasteiger partial charge in [0.25, 0.3) is 5.91 Å². The number of hydrogen-bond donors (Lipinski definition) is 1. The van der Waals surface area contributed by atoms with Crippen molar-refractivity contribution in [1.82, 2.24) is 9.80 Å².